The molecule has 0 aliphatic carbocycles. The Morgan fingerprint density at radius 3 is 2.46 bits per heavy atom. The third-order valence-electron chi connectivity index (χ3n) is 4.34. The van der Waals surface area contributed by atoms with Gasteiger partial charge < -0.3 is 10.1 Å². The first kappa shape index (κ1) is 19.9. The van der Waals surface area contributed by atoms with Gasteiger partial charge in [0.2, 0.25) is 5.91 Å². The van der Waals surface area contributed by atoms with Crippen molar-refractivity contribution in [2.75, 3.05) is 12.4 Å². The quantitative estimate of drug-likeness (QED) is 0.477. The number of rotatable bonds is 6. The second-order valence-corrected chi connectivity index (χ2v) is 7.91. The predicted molar refractivity (Wildman–Crippen MR) is 113 cm³/mol. The smallest absolute Gasteiger partial charge is 0.237 e. The Balaban J connectivity index is 1.79. The van der Waals surface area contributed by atoms with Crippen molar-refractivity contribution in [3.63, 3.8) is 0 Å². The Kier molecular flexibility index (Phi) is 5.99. The van der Waals surface area contributed by atoms with Crippen LogP contribution in [0.3, 0.4) is 0 Å². The maximum Gasteiger partial charge on any atom is 0.237 e. The van der Waals surface area contributed by atoms with Gasteiger partial charge in [0.15, 0.2) is 5.78 Å². The molecule has 0 saturated heterocycles. The Bertz CT molecular complexity index is 1030. The molecular weight excluding hydrogens is 372 g/mol. The van der Waals surface area contributed by atoms with Gasteiger partial charge >= 0.3 is 0 Å². The van der Waals surface area contributed by atoms with Crippen LogP contribution in [0.1, 0.15) is 29.9 Å². The molecule has 1 aromatic heterocycles. The van der Waals surface area contributed by atoms with E-state index in [4.69, 9.17) is 4.74 Å². The maximum absolute atomic E-state index is 12.6. The highest BCUT2D eigenvalue weighted by molar-refractivity contribution is 8.00. The van der Waals surface area contributed by atoms with E-state index in [9.17, 15) is 9.59 Å². The van der Waals surface area contributed by atoms with Crippen LogP contribution in [0.15, 0.2) is 53.4 Å². The molecule has 0 aliphatic heterocycles. The Morgan fingerprint density at radius 1 is 1.11 bits per heavy atom. The van der Waals surface area contributed by atoms with Crippen molar-refractivity contribution in [2.45, 2.75) is 30.9 Å². The number of anilines is 1. The van der Waals surface area contributed by atoms with Crippen LogP contribution in [0.5, 0.6) is 5.75 Å². The number of benzene rings is 2. The first-order valence-corrected chi connectivity index (χ1v) is 9.79. The lowest BCUT2D eigenvalue weighted by molar-refractivity contribution is -0.115. The van der Waals surface area contributed by atoms with Crippen molar-refractivity contribution in [3.05, 3.63) is 59.8 Å². The molecule has 28 heavy (non-hydrogen) atoms. The Labute approximate surface area is 168 Å². The molecule has 1 amide bonds. The number of amides is 1. The minimum absolute atomic E-state index is 0.00263. The van der Waals surface area contributed by atoms with E-state index in [1.165, 1.54) is 18.7 Å². The van der Waals surface area contributed by atoms with Crippen molar-refractivity contribution < 1.29 is 14.3 Å². The first-order chi connectivity index (χ1) is 13.4. The zero-order valence-electron chi connectivity index (χ0n) is 16.3. The summed E-state index contributed by atoms with van der Waals surface area (Å²) in [6.07, 6.45) is 0. The third kappa shape index (κ3) is 4.51. The summed E-state index contributed by atoms with van der Waals surface area (Å²) in [6.45, 7) is 5.32. The maximum atomic E-state index is 12.6. The van der Waals surface area contributed by atoms with Gasteiger partial charge in [0.1, 0.15) is 5.75 Å². The normalized spacial score (nSPS) is 11.9. The number of pyridine rings is 1. The van der Waals surface area contributed by atoms with E-state index in [2.05, 4.69) is 10.3 Å². The predicted octanol–water partition coefficient (Wildman–Crippen LogP) is 4.87. The molecule has 0 radical (unpaired) electrons. The van der Waals surface area contributed by atoms with Gasteiger partial charge in [-0.15, -0.1) is 11.8 Å². The van der Waals surface area contributed by atoms with Gasteiger partial charge in [0.05, 0.1) is 17.9 Å². The number of carbonyl (C=O) groups excluding carboxylic acids is 2. The zero-order valence-corrected chi connectivity index (χ0v) is 17.1. The van der Waals surface area contributed by atoms with Crippen LogP contribution < -0.4 is 10.1 Å². The van der Waals surface area contributed by atoms with Crippen LogP contribution in [0.4, 0.5) is 5.69 Å². The number of nitrogens with one attached hydrogen (secondary N) is 1. The van der Waals surface area contributed by atoms with Crippen LogP contribution in [0, 0.1) is 6.92 Å². The minimum Gasteiger partial charge on any atom is -0.497 e. The van der Waals surface area contributed by atoms with Gasteiger partial charge in [-0.2, -0.15) is 0 Å². The average molecular weight is 394 g/mol. The fraction of sp³-hybridized carbons (Fsp3) is 0.227. The molecule has 0 fully saturated rings. The lowest BCUT2D eigenvalue weighted by Crippen LogP contribution is -2.22. The van der Waals surface area contributed by atoms with E-state index in [1.54, 1.807) is 31.4 Å². The number of fused-ring (bicyclic) bond motifs is 1. The third-order valence-corrected chi connectivity index (χ3v) is 5.50. The molecule has 6 heteroatoms. The minimum atomic E-state index is -0.316. The van der Waals surface area contributed by atoms with Gasteiger partial charge in [-0.1, -0.05) is 0 Å². The second kappa shape index (κ2) is 8.44. The number of ketones is 1. The molecule has 2 aromatic carbocycles. The second-order valence-electron chi connectivity index (χ2n) is 6.53. The summed E-state index contributed by atoms with van der Waals surface area (Å²) in [7, 11) is 1.63. The van der Waals surface area contributed by atoms with E-state index < -0.39 is 0 Å². The van der Waals surface area contributed by atoms with Gasteiger partial charge in [0.25, 0.3) is 0 Å². The van der Waals surface area contributed by atoms with Crippen molar-refractivity contribution in [3.8, 4) is 5.75 Å². The largest absolute Gasteiger partial charge is 0.497 e. The van der Waals surface area contributed by atoms with E-state index >= 15 is 0 Å². The Morgan fingerprint density at radius 2 is 1.82 bits per heavy atom. The highest BCUT2D eigenvalue weighted by atomic mass is 32.2. The van der Waals surface area contributed by atoms with Crippen molar-refractivity contribution in [1.82, 2.24) is 4.98 Å². The summed E-state index contributed by atoms with van der Waals surface area (Å²) in [6, 6.07) is 14.6. The van der Waals surface area contributed by atoms with Crippen LogP contribution >= 0.6 is 11.8 Å². The van der Waals surface area contributed by atoms with Crippen molar-refractivity contribution in [1.29, 1.82) is 0 Å². The number of carbonyl (C=O) groups is 2. The molecule has 0 unspecified atom stereocenters. The van der Waals surface area contributed by atoms with Crippen molar-refractivity contribution >= 4 is 40.0 Å². The molecule has 0 spiro atoms. The molecule has 3 rings (SSSR count). The summed E-state index contributed by atoms with van der Waals surface area (Å²) in [4.78, 5) is 29.5. The summed E-state index contributed by atoms with van der Waals surface area (Å²) in [5, 5.41) is 3.54. The van der Waals surface area contributed by atoms with E-state index in [-0.39, 0.29) is 16.9 Å². The number of Topliss-reactive ketones (excluding diaryl/α,β-unsaturated/α-hetero) is 1. The summed E-state index contributed by atoms with van der Waals surface area (Å²) >= 11 is 1.48. The number of aryl methyl sites for hydroxylation is 1. The fourth-order valence-corrected chi connectivity index (χ4v) is 3.88. The zero-order chi connectivity index (χ0) is 20.3. The molecule has 0 aliphatic rings. The average Bonchev–Trinajstić information content (AvgIpc) is 2.67. The number of methoxy groups -OCH3 is 1. The Hall–Kier alpha value is -2.86. The molecule has 5 nitrogen and oxygen atoms in total. The number of nitrogens with zero attached hydrogens (tertiary/aromatic N) is 1. The molecule has 1 atom stereocenters. The summed E-state index contributed by atoms with van der Waals surface area (Å²) in [5.41, 5.74) is 3.05. The standard InChI is InChI=1S/C22H22N2O3S/c1-13-11-21(19-12-18(27-4)9-10-20(19)23-13)28-15(3)22(26)24-17-7-5-16(6-8-17)14(2)25/h5-12,15H,1-4H3,(H,24,26)/t15-/m0/s1. The molecule has 0 bridgehead atoms. The number of ether oxygens (including phenoxy) is 1. The number of hydrogen-bond donors (Lipinski definition) is 1. The van der Waals surface area contributed by atoms with E-state index in [1.807, 2.05) is 38.1 Å². The van der Waals surface area contributed by atoms with E-state index in [0.29, 0.717) is 11.3 Å². The molecular formula is C22H22N2O3S. The highest BCUT2D eigenvalue weighted by Gasteiger charge is 2.17. The monoisotopic (exact) mass is 394 g/mol. The summed E-state index contributed by atoms with van der Waals surface area (Å²) in [5.74, 6) is 0.644. The molecule has 3 aromatic rings. The number of thioether (sulfide) groups is 1. The molecule has 1 heterocycles. The number of aromatic nitrogens is 1. The topological polar surface area (TPSA) is 68.3 Å². The molecule has 1 N–H and O–H groups in total. The van der Waals surface area contributed by atoms with Crippen LogP contribution in [0.25, 0.3) is 10.9 Å². The van der Waals surface area contributed by atoms with Crippen LogP contribution in [-0.2, 0) is 4.79 Å². The summed E-state index contributed by atoms with van der Waals surface area (Å²) < 4.78 is 5.33. The lowest BCUT2D eigenvalue weighted by atomic mass is 10.1. The first-order valence-electron chi connectivity index (χ1n) is 8.91. The van der Waals surface area contributed by atoms with Crippen molar-refractivity contribution in [2.24, 2.45) is 0 Å². The van der Waals surface area contributed by atoms with Crippen LogP contribution in [-0.4, -0.2) is 29.0 Å². The van der Waals surface area contributed by atoms with Gasteiger partial charge in [-0.05, 0) is 69.3 Å². The SMILES string of the molecule is COc1ccc2nc(C)cc(S[C@@H](C)C(=O)Nc3ccc(C(C)=O)cc3)c2c1. The highest BCUT2D eigenvalue weighted by Crippen LogP contribution is 2.33. The van der Waals surface area contributed by atoms with Gasteiger partial charge in [0, 0.05) is 27.2 Å². The van der Waals surface area contributed by atoms with Gasteiger partial charge in [-0.3, -0.25) is 14.6 Å². The fourth-order valence-electron chi connectivity index (χ4n) is 2.80. The number of hydrogen-bond acceptors (Lipinski definition) is 5. The molecule has 0 saturated carbocycles. The van der Waals surface area contributed by atoms with E-state index in [0.717, 1.165) is 27.2 Å². The lowest BCUT2D eigenvalue weighted by Gasteiger charge is -2.14. The molecule has 144 valence electrons. The van der Waals surface area contributed by atoms with Gasteiger partial charge in [-0.25, -0.2) is 0 Å². The van der Waals surface area contributed by atoms with Crippen LogP contribution in [0.2, 0.25) is 0 Å².